The van der Waals surface area contributed by atoms with Gasteiger partial charge in [-0.15, -0.1) is 0 Å². The number of hydrogen-bond donors (Lipinski definition) is 0. The summed E-state index contributed by atoms with van der Waals surface area (Å²) in [4.78, 5) is 19.8. The van der Waals surface area contributed by atoms with Gasteiger partial charge >= 0.3 is 0 Å². The summed E-state index contributed by atoms with van der Waals surface area (Å²) in [5.74, 6) is 2.06. The van der Waals surface area contributed by atoms with Crippen LogP contribution in [0.3, 0.4) is 0 Å². The molecule has 3 heterocycles. The molecule has 0 N–H and O–H groups in total. The minimum atomic E-state index is -0.103. The van der Waals surface area contributed by atoms with Crippen molar-refractivity contribution in [2.75, 3.05) is 24.7 Å². The number of ether oxygens (including phenoxy) is 2. The third-order valence-corrected chi connectivity index (χ3v) is 5.86. The molecule has 4 rings (SSSR count). The molecule has 28 heavy (non-hydrogen) atoms. The second kappa shape index (κ2) is 7.93. The van der Waals surface area contributed by atoms with E-state index in [4.69, 9.17) is 18.9 Å². The number of amides is 1. The number of fused-ring (bicyclic) bond motifs is 1. The van der Waals surface area contributed by atoms with Gasteiger partial charge in [-0.05, 0) is 57.9 Å². The van der Waals surface area contributed by atoms with Gasteiger partial charge in [0.15, 0.2) is 5.13 Å². The van der Waals surface area contributed by atoms with E-state index in [1.807, 2.05) is 39.0 Å². The zero-order valence-corrected chi connectivity index (χ0v) is 17.2. The van der Waals surface area contributed by atoms with E-state index >= 15 is 0 Å². The zero-order valence-electron chi connectivity index (χ0n) is 16.4. The number of aryl methyl sites for hydroxylation is 2. The first kappa shape index (κ1) is 19.0. The number of thiazole rings is 1. The van der Waals surface area contributed by atoms with Gasteiger partial charge in [-0.25, -0.2) is 4.98 Å². The van der Waals surface area contributed by atoms with Crippen LogP contribution in [0.25, 0.3) is 10.2 Å². The molecule has 7 heteroatoms. The molecule has 6 nitrogen and oxygen atoms in total. The average molecular weight is 401 g/mol. The van der Waals surface area contributed by atoms with Crippen LogP contribution in [0, 0.1) is 13.8 Å². The second-order valence-electron chi connectivity index (χ2n) is 6.94. The van der Waals surface area contributed by atoms with Gasteiger partial charge in [-0.1, -0.05) is 11.3 Å². The molecule has 1 fully saturated rings. The predicted molar refractivity (Wildman–Crippen MR) is 110 cm³/mol. The Morgan fingerprint density at radius 3 is 2.89 bits per heavy atom. The van der Waals surface area contributed by atoms with Crippen LogP contribution >= 0.6 is 11.3 Å². The van der Waals surface area contributed by atoms with Crippen LogP contribution in [-0.4, -0.2) is 36.8 Å². The maximum Gasteiger partial charge on any atom is 0.263 e. The molecule has 1 amide bonds. The summed E-state index contributed by atoms with van der Waals surface area (Å²) in [6, 6.07) is 7.61. The summed E-state index contributed by atoms with van der Waals surface area (Å²) in [6.07, 6.45) is 2.00. The molecule has 1 aliphatic rings. The van der Waals surface area contributed by atoms with Gasteiger partial charge in [0, 0.05) is 6.61 Å². The molecule has 1 aromatic carbocycles. The van der Waals surface area contributed by atoms with Crippen molar-refractivity contribution in [2.45, 2.75) is 39.7 Å². The highest BCUT2D eigenvalue weighted by Crippen LogP contribution is 2.33. The molecule has 0 radical (unpaired) electrons. The Morgan fingerprint density at radius 2 is 2.21 bits per heavy atom. The standard InChI is InChI=1S/C21H24N2O4S/c1-4-25-15-7-8-18-19(11-15)28-21(22-18)23(12-16-6-5-9-26-16)20(24)17-10-13(2)27-14(17)3/h7-8,10-11,16H,4-6,9,12H2,1-3H3. The lowest BCUT2D eigenvalue weighted by Gasteiger charge is -2.22. The largest absolute Gasteiger partial charge is 0.494 e. The van der Waals surface area contributed by atoms with Crippen molar-refractivity contribution >= 4 is 32.6 Å². The summed E-state index contributed by atoms with van der Waals surface area (Å²) >= 11 is 1.49. The molecule has 1 unspecified atom stereocenters. The van der Waals surface area contributed by atoms with E-state index in [9.17, 15) is 4.79 Å². The van der Waals surface area contributed by atoms with Crippen molar-refractivity contribution in [1.82, 2.24) is 4.98 Å². The van der Waals surface area contributed by atoms with E-state index in [1.165, 1.54) is 11.3 Å². The van der Waals surface area contributed by atoms with Crippen LogP contribution in [0.4, 0.5) is 5.13 Å². The van der Waals surface area contributed by atoms with E-state index < -0.39 is 0 Å². The summed E-state index contributed by atoms with van der Waals surface area (Å²) < 4.78 is 18.0. The Kier molecular flexibility index (Phi) is 5.37. The molecule has 0 spiro atoms. The fourth-order valence-corrected chi connectivity index (χ4v) is 4.49. The van der Waals surface area contributed by atoms with Crippen LogP contribution in [0.5, 0.6) is 5.75 Å². The van der Waals surface area contributed by atoms with Crippen molar-refractivity contribution in [3.8, 4) is 5.75 Å². The van der Waals surface area contributed by atoms with E-state index in [-0.39, 0.29) is 12.0 Å². The lowest BCUT2D eigenvalue weighted by Crippen LogP contribution is -2.37. The molecule has 1 saturated heterocycles. The molecule has 3 aromatic rings. The normalized spacial score (nSPS) is 16.6. The van der Waals surface area contributed by atoms with Crippen molar-refractivity contribution in [1.29, 1.82) is 0 Å². The number of rotatable bonds is 6. The van der Waals surface area contributed by atoms with Crippen molar-refractivity contribution in [2.24, 2.45) is 0 Å². The van der Waals surface area contributed by atoms with Gasteiger partial charge in [-0.2, -0.15) is 0 Å². The first-order chi connectivity index (χ1) is 13.5. The lowest BCUT2D eigenvalue weighted by molar-refractivity contribution is 0.0916. The summed E-state index contributed by atoms with van der Waals surface area (Å²) in [7, 11) is 0. The van der Waals surface area contributed by atoms with Gasteiger partial charge in [-0.3, -0.25) is 9.69 Å². The van der Waals surface area contributed by atoms with Crippen LogP contribution in [-0.2, 0) is 4.74 Å². The zero-order chi connectivity index (χ0) is 19.7. The maximum absolute atomic E-state index is 13.4. The molecular formula is C21H24N2O4S. The Labute approximate surface area is 168 Å². The molecule has 1 aliphatic heterocycles. The third-order valence-electron chi connectivity index (χ3n) is 4.82. The number of carbonyl (C=O) groups is 1. The van der Waals surface area contributed by atoms with Gasteiger partial charge in [0.1, 0.15) is 17.3 Å². The Balaban J connectivity index is 1.70. The van der Waals surface area contributed by atoms with Gasteiger partial charge < -0.3 is 13.9 Å². The van der Waals surface area contributed by atoms with Crippen LogP contribution in [0.15, 0.2) is 28.7 Å². The summed E-state index contributed by atoms with van der Waals surface area (Å²) in [5, 5.41) is 0.669. The molecule has 2 aromatic heterocycles. The molecule has 0 saturated carbocycles. The summed E-state index contributed by atoms with van der Waals surface area (Å²) in [6.45, 7) is 7.46. The first-order valence-electron chi connectivity index (χ1n) is 9.59. The monoisotopic (exact) mass is 400 g/mol. The number of anilines is 1. The second-order valence-corrected chi connectivity index (χ2v) is 7.95. The Morgan fingerprint density at radius 1 is 1.36 bits per heavy atom. The quantitative estimate of drug-likeness (QED) is 0.598. The fraction of sp³-hybridized carbons (Fsp3) is 0.429. The lowest BCUT2D eigenvalue weighted by atomic mass is 10.2. The minimum absolute atomic E-state index is 0.0308. The molecule has 0 aliphatic carbocycles. The SMILES string of the molecule is CCOc1ccc2nc(N(CC3CCCO3)C(=O)c3cc(C)oc3C)sc2c1. The number of carbonyl (C=O) groups excluding carboxylic acids is 1. The Hall–Kier alpha value is -2.38. The average Bonchev–Trinajstić information content (AvgIpc) is 3.39. The van der Waals surface area contributed by atoms with E-state index in [2.05, 4.69) is 0 Å². The summed E-state index contributed by atoms with van der Waals surface area (Å²) in [5.41, 5.74) is 1.43. The smallest absolute Gasteiger partial charge is 0.263 e. The number of furan rings is 1. The highest BCUT2D eigenvalue weighted by Gasteiger charge is 2.29. The van der Waals surface area contributed by atoms with E-state index in [0.29, 0.717) is 29.6 Å². The number of aromatic nitrogens is 1. The van der Waals surface area contributed by atoms with Crippen molar-refractivity contribution in [3.05, 3.63) is 41.3 Å². The topological polar surface area (TPSA) is 64.8 Å². The third kappa shape index (κ3) is 3.77. The van der Waals surface area contributed by atoms with Crippen LogP contribution < -0.4 is 9.64 Å². The number of benzene rings is 1. The molecule has 0 bridgehead atoms. The highest BCUT2D eigenvalue weighted by atomic mass is 32.1. The molecule has 1 atom stereocenters. The first-order valence-corrected chi connectivity index (χ1v) is 10.4. The number of hydrogen-bond acceptors (Lipinski definition) is 6. The minimum Gasteiger partial charge on any atom is -0.494 e. The van der Waals surface area contributed by atoms with Crippen LogP contribution in [0.1, 0.15) is 41.6 Å². The van der Waals surface area contributed by atoms with Crippen LogP contribution in [0.2, 0.25) is 0 Å². The molecule has 148 valence electrons. The highest BCUT2D eigenvalue weighted by molar-refractivity contribution is 7.22. The van der Waals surface area contributed by atoms with Gasteiger partial charge in [0.05, 0.1) is 35.0 Å². The fourth-order valence-electron chi connectivity index (χ4n) is 3.49. The maximum atomic E-state index is 13.4. The predicted octanol–water partition coefficient (Wildman–Crippen LogP) is 4.73. The molecular weight excluding hydrogens is 376 g/mol. The van der Waals surface area contributed by atoms with Gasteiger partial charge in [0.2, 0.25) is 0 Å². The van der Waals surface area contributed by atoms with E-state index in [0.717, 1.165) is 41.2 Å². The number of nitrogens with zero attached hydrogens (tertiary/aromatic N) is 2. The van der Waals surface area contributed by atoms with Crippen molar-refractivity contribution in [3.63, 3.8) is 0 Å². The van der Waals surface area contributed by atoms with E-state index in [1.54, 1.807) is 11.0 Å². The van der Waals surface area contributed by atoms with Gasteiger partial charge in [0.25, 0.3) is 5.91 Å². The van der Waals surface area contributed by atoms with Crippen molar-refractivity contribution < 1.29 is 18.7 Å². The Bertz CT molecular complexity index is 988.